The van der Waals surface area contributed by atoms with Gasteiger partial charge in [0.25, 0.3) is 5.88 Å². The largest absolute Gasteiger partial charge is 0.489 e. The molecule has 2 heterocycles. The highest BCUT2D eigenvalue weighted by atomic mass is 16.5. The lowest BCUT2D eigenvalue weighted by Gasteiger charge is -2.12. The van der Waals surface area contributed by atoms with Crippen LogP contribution < -0.4 is 14.8 Å². The van der Waals surface area contributed by atoms with E-state index in [9.17, 15) is 0 Å². The van der Waals surface area contributed by atoms with Gasteiger partial charge in [-0.15, -0.1) is 0 Å². The topological polar surface area (TPSA) is 69.2 Å². The number of aromatic nitrogens is 3. The van der Waals surface area contributed by atoms with E-state index >= 15 is 0 Å². The Morgan fingerprint density at radius 1 is 1.22 bits per heavy atom. The summed E-state index contributed by atoms with van der Waals surface area (Å²) in [5, 5.41) is 2.92. The lowest BCUT2D eigenvalue weighted by Crippen LogP contribution is -2.01. The van der Waals surface area contributed by atoms with Crippen LogP contribution >= 0.6 is 0 Å². The predicted octanol–water partition coefficient (Wildman–Crippen LogP) is 2.02. The molecule has 18 heavy (non-hydrogen) atoms. The van der Waals surface area contributed by atoms with Crippen LogP contribution in [-0.4, -0.2) is 29.1 Å². The lowest BCUT2D eigenvalue weighted by molar-refractivity contribution is 0.367. The van der Waals surface area contributed by atoms with E-state index in [-0.39, 0.29) is 0 Å². The molecular weight excluding hydrogens is 232 g/mol. The molecular formula is C12H14N4O2. The molecule has 0 aromatic carbocycles. The number of ether oxygens (including phenoxy) is 2. The first-order valence-corrected chi connectivity index (χ1v) is 5.42. The summed E-state index contributed by atoms with van der Waals surface area (Å²) in [6.07, 6.45) is 3.12. The Hall–Kier alpha value is -2.37. The van der Waals surface area contributed by atoms with Crippen molar-refractivity contribution in [1.82, 2.24) is 15.0 Å². The third-order valence-corrected chi connectivity index (χ3v) is 2.38. The second-order valence-corrected chi connectivity index (χ2v) is 3.50. The quantitative estimate of drug-likeness (QED) is 0.890. The zero-order valence-electron chi connectivity index (χ0n) is 10.5. The Morgan fingerprint density at radius 2 is 2.06 bits per heavy atom. The van der Waals surface area contributed by atoms with Gasteiger partial charge in [0.1, 0.15) is 6.33 Å². The minimum absolute atomic E-state index is 0.355. The second-order valence-electron chi connectivity index (χ2n) is 3.50. The molecule has 2 rings (SSSR count). The summed E-state index contributed by atoms with van der Waals surface area (Å²) in [6.45, 7) is 1.86. The maximum absolute atomic E-state index is 5.70. The van der Waals surface area contributed by atoms with Gasteiger partial charge in [0.05, 0.1) is 12.8 Å². The molecule has 0 fully saturated rings. The van der Waals surface area contributed by atoms with E-state index in [1.165, 1.54) is 6.33 Å². The lowest BCUT2D eigenvalue weighted by atomic mass is 10.3. The van der Waals surface area contributed by atoms with Crippen molar-refractivity contribution >= 4 is 5.82 Å². The number of aryl methyl sites for hydroxylation is 1. The van der Waals surface area contributed by atoms with Gasteiger partial charge in [0.15, 0.2) is 11.6 Å². The maximum atomic E-state index is 5.70. The number of nitrogens with one attached hydrogen (secondary N) is 1. The monoisotopic (exact) mass is 246 g/mol. The van der Waals surface area contributed by atoms with Gasteiger partial charge < -0.3 is 14.8 Å². The number of nitrogens with zero attached hydrogens (tertiary/aromatic N) is 3. The van der Waals surface area contributed by atoms with Crippen LogP contribution in [-0.2, 0) is 0 Å². The summed E-state index contributed by atoms with van der Waals surface area (Å²) >= 11 is 0. The molecule has 0 spiro atoms. The first kappa shape index (κ1) is 12.1. The average molecular weight is 246 g/mol. The van der Waals surface area contributed by atoms with E-state index in [1.807, 2.05) is 13.0 Å². The van der Waals surface area contributed by atoms with Crippen molar-refractivity contribution in [3.63, 3.8) is 0 Å². The van der Waals surface area contributed by atoms with Crippen molar-refractivity contribution in [3.05, 3.63) is 30.4 Å². The summed E-state index contributed by atoms with van der Waals surface area (Å²) in [5.74, 6) is 2.02. The third-order valence-electron chi connectivity index (χ3n) is 2.38. The van der Waals surface area contributed by atoms with E-state index in [0.717, 1.165) is 5.69 Å². The molecule has 0 saturated carbocycles. The van der Waals surface area contributed by atoms with Gasteiger partial charge in [-0.1, -0.05) is 0 Å². The average Bonchev–Trinajstić information content (AvgIpc) is 2.41. The van der Waals surface area contributed by atoms with Crippen molar-refractivity contribution in [3.8, 4) is 17.4 Å². The Morgan fingerprint density at radius 3 is 2.72 bits per heavy atom. The molecule has 2 aromatic rings. The fourth-order valence-corrected chi connectivity index (χ4v) is 1.47. The molecule has 6 nitrogen and oxygen atoms in total. The molecule has 0 atom stereocenters. The van der Waals surface area contributed by atoms with E-state index < -0.39 is 0 Å². The van der Waals surface area contributed by atoms with Gasteiger partial charge in [0, 0.05) is 13.2 Å². The summed E-state index contributed by atoms with van der Waals surface area (Å²) in [6, 6.07) is 3.62. The first-order valence-electron chi connectivity index (χ1n) is 5.42. The Kier molecular flexibility index (Phi) is 3.57. The van der Waals surface area contributed by atoms with Gasteiger partial charge in [-0.3, -0.25) is 4.98 Å². The third kappa shape index (κ3) is 2.32. The Bertz CT molecular complexity index is 545. The highest BCUT2D eigenvalue weighted by molar-refractivity contribution is 5.55. The molecule has 0 aliphatic heterocycles. The van der Waals surface area contributed by atoms with Gasteiger partial charge in [0.2, 0.25) is 5.75 Å². The van der Waals surface area contributed by atoms with E-state index in [0.29, 0.717) is 23.2 Å². The fourth-order valence-electron chi connectivity index (χ4n) is 1.47. The number of hydrogen-bond acceptors (Lipinski definition) is 6. The van der Waals surface area contributed by atoms with Crippen LogP contribution in [0.2, 0.25) is 0 Å². The van der Waals surface area contributed by atoms with Crippen molar-refractivity contribution in [1.29, 1.82) is 0 Å². The van der Waals surface area contributed by atoms with Crippen LogP contribution in [0.15, 0.2) is 24.7 Å². The van der Waals surface area contributed by atoms with Crippen LogP contribution in [0.4, 0.5) is 5.82 Å². The minimum Gasteiger partial charge on any atom is -0.489 e. The Balaban J connectivity index is 2.37. The van der Waals surface area contributed by atoms with Gasteiger partial charge >= 0.3 is 0 Å². The number of methoxy groups -OCH3 is 1. The second kappa shape index (κ2) is 5.31. The van der Waals surface area contributed by atoms with Crippen LogP contribution in [0.5, 0.6) is 17.4 Å². The standard InChI is InChI=1S/C12H14N4O2/c1-8-9(5-4-6-14-8)18-12-10(17-3)11(13-2)15-7-16-12/h4-7H,1-3H3,(H,13,15,16). The van der Waals surface area contributed by atoms with Crippen LogP contribution in [0, 0.1) is 6.92 Å². The van der Waals surface area contributed by atoms with E-state index in [4.69, 9.17) is 9.47 Å². The van der Waals surface area contributed by atoms with Crippen molar-refractivity contribution in [2.75, 3.05) is 19.5 Å². The van der Waals surface area contributed by atoms with Crippen molar-refractivity contribution < 1.29 is 9.47 Å². The number of rotatable bonds is 4. The summed E-state index contributed by atoms with van der Waals surface area (Å²) in [4.78, 5) is 12.3. The molecule has 0 radical (unpaired) electrons. The number of hydrogen-bond donors (Lipinski definition) is 1. The minimum atomic E-state index is 0.355. The molecule has 1 N–H and O–H groups in total. The summed E-state index contributed by atoms with van der Waals surface area (Å²) < 4.78 is 10.9. The highest BCUT2D eigenvalue weighted by Gasteiger charge is 2.14. The zero-order chi connectivity index (χ0) is 13.0. The molecule has 2 aromatic heterocycles. The molecule has 0 saturated heterocycles. The zero-order valence-corrected chi connectivity index (χ0v) is 10.5. The van der Waals surface area contributed by atoms with Crippen molar-refractivity contribution in [2.24, 2.45) is 0 Å². The maximum Gasteiger partial charge on any atom is 0.268 e. The van der Waals surface area contributed by atoms with Gasteiger partial charge in [-0.2, -0.15) is 4.98 Å². The molecule has 0 aliphatic rings. The van der Waals surface area contributed by atoms with Gasteiger partial charge in [-0.25, -0.2) is 4.98 Å². The fraction of sp³-hybridized carbons (Fsp3) is 0.250. The summed E-state index contributed by atoms with van der Waals surface area (Å²) in [5.41, 5.74) is 0.782. The molecule has 0 amide bonds. The number of pyridine rings is 1. The normalized spacial score (nSPS) is 9.94. The Labute approximate surface area is 105 Å². The van der Waals surface area contributed by atoms with Crippen LogP contribution in [0.25, 0.3) is 0 Å². The molecule has 0 unspecified atom stereocenters. The van der Waals surface area contributed by atoms with Crippen molar-refractivity contribution in [2.45, 2.75) is 6.92 Å². The summed E-state index contributed by atoms with van der Waals surface area (Å²) in [7, 11) is 3.30. The highest BCUT2D eigenvalue weighted by Crippen LogP contribution is 2.34. The SMILES string of the molecule is CNc1ncnc(Oc2cccnc2C)c1OC. The molecule has 6 heteroatoms. The van der Waals surface area contributed by atoms with Crippen LogP contribution in [0.3, 0.4) is 0 Å². The number of anilines is 1. The van der Waals surface area contributed by atoms with Gasteiger partial charge in [-0.05, 0) is 19.1 Å². The van der Waals surface area contributed by atoms with E-state index in [2.05, 4.69) is 20.3 Å². The molecule has 94 valence electrons. The smallest absolute Gasteiger partial charge is 0.268 e. The van der Waals surface area contributed by atoms with Crippen LogP contribution in [0.1, 0.15) is 5.69 Å². The molecule has 0 bridgehead atoms. The molecule has 0 aliphatic carbocycles. The predicted molar refractivity (Wildman–Crippen MR) is 67.2 cm³/mol. The van der Waals surface area contributed by atoms with E-state index in [1.54, 1.807) is 26.4 Å². The first-order chi connectivity index (χ1) is 8.76.